The van der Waals surface area contributed by atoms with Gasteiger partial charge in [-0.15, -0.1) is 0 Å². The molecule has 29 heavy (non-hydrogen) atoms. The molecule has 0 bridgehead atoms. The van der Waals surface area contributed by atoms with Crippen molar-refractivity contribution in [3.8, 4) is 5.75 Å². The third-order valence-corrected chi connectivity index (χ3v) is 4.66. The third kappa shape index (κ3) is 5.82. The number of para-hydroxylation sites is 1. The molecule has 0 N–H and O–H groups in total. The molecule has 0 aromatic heterocycles. The number of benzene rings is 2. The van der Waals surface area contributed by atoms with Crippen molar-refractivity contribution in [2.24, 2.45) is 0 Å². The fraction of sp³-hybridized carbons (Fsp3) is 0.250. The van der Waals surface area contributed by atoms with Crippen LogP contribution in [0.5, 0.6) is 5.75 Å². The van der Waals surface area contributed by atoms with Gasteiger partial charge in [-0.05, 0) is 36.6 Å². The van der Waals surface area contributed by atoms with Gasteiger partial charge in [0.15, 0.2) is 6.61 Å². The minimum Gasteiger partial charge on any atom is -0.493 e. The average Bonchev–Trinajstić information content (AvgIpc) is 2.78. The summed E-state index contributed by atoms with van der Waals surface area (Å²) in [5, 5.41) is 0. The van der Waals surface area contributed by atoms with E-state index in [2.05, 4.69) is 18.2 Å². The van der Waals surface area contributed by atoms with Gasteiger partial charge in [0.05, 0.1) is 6.61 Å². The lowest BCUT2D eigenvalue weighted by Gasteiger charge is -2.26. The summed E-state index contributed by atoms with van der Waals surface area (Å²) in [6.45, 7) is 3.33. The number of hydrogen-bond acceptors (Lipinski definition) is 4. The van der Waals surface area contributed by atoms with E-state index in [1.165, 1.54) is 17.2 Å². The highest BCUT2D eigenvalue weighted by Gasteiger charge is 2.18. The first kappa shape index (κ1) is 20.4. The number of carbonyl (C=O) groups is 2. The Hall–Kier alpha value is -3.34. The van der Waals surface area contributed by atoms with Crippen molar-refractivity contribution in [3.05, 3.63) is 77.9 Å². The Bertz CT molecular complexity index is 902. The Labute approximate surface area is 171 Å². The van der Waals surface area contributed by atoms with Crippen molar-refractivity contribution in [1.82, 2.24) is 4.90 Å². The quantitative estimate of drug-likeness (QED) is 0.530. The Kier molecular flexibility index (Phi) is 7.22. The van der Waals surface area contributed by atoms with Crippen LogP contribution in [0.3, 0.4) is 0 Å². The van der Waals surface area contributed by atoms with Gasteiger partial charge in [0.1, 0.15) is 5.75 Å². The zero-order valence-electron chi connectivity index (χ0n) is 16.5. The van der Waals surface area contributed by atoms with Crippen molar-refractivity contribution in [2.75, 3.05) is 26.3 Å². The molecular weight excluding hydrogens is 366 g/mol. The molecule has 2 aromatic carbocycles. The van der Waals surface area contributed by atoms with Gasteiger partial charge in [-0.25, -0.2) is 4.79 Å². The second-order valence-corrected chi connectivity index (χ2v) is 6.60. The molecule has 150 valence electrons. The zero-order chi connectivity index (χ0) is 20.5. The van der Waals surface area contributed by atoms with Gasteiger partial charge in [-0.2, -0.15) is 0 Å². The van der Waals surface area contributed by atoms with Crippen molar-refractivity contribution in [2.45, 2.75) is 13.3 Å². The first-order chi connectivity index (χ1) is 14.2. The van der Waals surface area contributed by atoms with Gasteiger partial charge in [-0.3, -0.25) is 4.79 Å². The fourth-order valence-electron chi connectivity index (χ4n) is 3.15. The third-order valence-electron chi connectivity index (χ3n) is 4.66. The summed E-state index contributed by atoms with van der Waals surface area (Å²) in [4.78, 5) is 26.0. The van der Waals surface area contributed by atoms with Crippen LogP contribution in [0.25, 0.3) is 11.6 Å². The monoisotopic (exact) mass is 391 g/mol. The molecule has 5 nitrogen and oxygen atoms in total. The highest BCUT2D eigenvalue weighted by molar-refractivity contribution is 5.90. The molecular formula is C24H25NO4. The van der Waals surface area contributed by atoms with Crippen molar-refractivity contribution in [1.29, 1.82) is 0 Å². The second-order valence-electron chi connectivity index (χ2n) is 6.60. The van der Waals surface area contributed by atoms with Crippen LogP contribution in [0, 0.1) is 0 Å². The lowest BCUT2D eigenvalue weighted by atomic mass is 10.00. The fourth-order valence-corrected chi connectivity index (χ4v) is 3.15. The normalized spacial score (nSPS) is 13.8. The highest BCUT2D eigenvalue weighted by atomic mass is 16.5. The summed E-state index contributed by atoms with van der Waals surface area (Å²) in [6, 6.07) is 17.6. The van der Waals surface area contributed by atoms with Crippen molar-refractivity contribution >= 4 is 23.5 Å². The van der Waals surface area contributed by atoms with E-state index in [-0.39, 0.29) is 12.5 Å². The van der Waals surface area contributed by atoms with Crippen LogP contribution in [0.15, 0.2) is 66.7 Å². The van der Waals surface area contributed by atoms with Gasteiger partial charge < -0.3 is 14.4 Å². The molecule has 0 spiro atoms. The van der Waals surface area contributed by atoms with Crippen LogP contribution in [-0.4, -0.2) is 43.1 Å². The molecule has 1 aliphatic rings. The van der Waals surface area contributed by atoms with E-state index >= 15 is 0 Å². The van der Waals surface area contributed by atoms with E-state index in [0.717, 1.165) is 12.0 Å². The minimum absolute atomic E-state index is 0.190. The highest BCUT2D eigenvalue weighted by Crippen LogP contribution is 2.22. The van der Waals surface area contributed by atoms with Gasteiger partial charge in [0, 0.05) is 24.7 Å². The molecule has 1 heterocycles. The molecule has 2 aromatic rings. The number of amides is 1. The molecule has 1 aliphatic heterocycles. The maximum absolute atomic E-state index is 12.3. The SMILES string of the molecule is CCOc1ccccc1/C=C/C(=O)OCC(=O)N1CC=C(c2ccccc2)CC1. The summed E-state index contributed by atoms with van der Waals surface area (Å²) in [5.74, 6) is -0.0449. The summed E-state index contributed by atoms with van der Waals surface area (Å²) in [7, 11) is 0. The maximum Gasteiger partial charge on any atom is 0.331 e. The smallest absolute Gasteiger partial charge is 0.331 e. The van der Waals surface area contributed by atoms with E-state index < -0.39 is 5.97 Å². The maximum atomic E-state index is 12.3. The van der Waals surface area contributed by atoms with Crippen molar-refractivity contribution < 1.29 is 19.1 Å². The molecule has 0 unspecified atom stereocenters. The van der Waals surface area contributed by atoms with E-state index in [0.29, 0.717) is 25.4 Å². The number of nitrogens with zero attached hydrogens (tertiary/aromatic N) is 1. The number of rotatable bonds is 7. The molecule has 0 atom stereocenters. The molecule has 1 amide bonds. The van der Waals surface area contributed by atoms with Gasteiger partial charge in [-0.1, -0.05) is 54.6 Å². The van der Waals surface area contributed by atoms with Gasteiger partial charge >= 0.3 is 5.97 Å². The van der Waals surface area contributed by atoms with Crippen LogP contribution < -0.4 is 4.74 Å². The first-order valence-corrected chi connectivity index (χ1v) is 9.76. The predicted molar refractivity (Wildman–Crippen MR) is 113 cm³/mol. The molecule has 0 aliphatic carbocycles. The van der Waals surface area contributed by atoms with Gasteiger partial charge in [0.2, 0.25) is 0 Å². The van der Waals surface area contributed by atoms with Crippen LogP contribution in [0.4, 0.5) is 0 Å². The number of ether oxygens (including phenoxy) is 2. The van der Waals surface area contributed by atoms with E-state index in [1.807, 2.05) is 49.4 Å². The Balaban J connectivity index is 1.48. The summed E-state index contributed by atoms with van der Waals surface area (Å²) >= 11 is 0. The number of esters is 1. The van der Waals surface area contributed by atoms with Crippen LogP contribution in [0.1, 0.15) is 24.5 Å². The summed E-state index contributed by atoms with van der Waals surface area (Å²) < 4.78 is 10.6. The van der Waals surface area contributed by atoms with Crippen molar-refractivity contribution in [3.63, 3.8) is 0 Å². The first-order valence-electron chi connectivity index (χ1n) is 9.76. The Morgan fingerprint density at radius 2 is 1.83 bits per heavy atom. The average molecular weight is 391 g/mol. The van der Waals surface area contributed by atoms with Crippen LogP contribution >= 0.6 is 0 Å². The second kappa shape index (κ2) is 10.3. The zero-order valence-corrected chi connectivity index (χ0v) is 16.5. The molecule has 0 saturated carbocycles. The lowest BCUT2D eigenvalue weighted by Crippen LogP contribution is -2.37. The number of carbonyl (C=O) groups excluding carboxylic acids is 2. The molecule has 0 saturated heterocycles. The largest absolute Gasteiger partial charge is 0.493 e. The standard InChI is InChI=1S/C24H25NO4/c1-2-28-22-11-7-6-10-21(22)12-13-24(27)29-18-23(26)25-16-14-20(15-17-25)19-8-4-3-5-9-19/h3-14H,2,15-18H2,1H3/b13-12+. The summed E-state index contributed by atoms with van der Waals surface area (Å²) in [6.07, 6.45) is 5.79. The molecule has 3 rings (SSSR count). The molecule has 5 heteroatoms. The van der Waals surface area contributed by atoms with E-state index in [4.69, 9.17) is 9.47 Å². The van der Waals surface area contributed by atoms with Crippen LogP contribution in [-0.2, 0) is 14.3 Å². The topological polar surface area (TPSA) is 55.8 Å². The molecule has 0 fully saturated rings. The van der Waals surface area contributed by atoms with E-state index in [1.54, 1.807) is 11.0 Å². The Morgan fingerprint density at radius 1 is 1.07 bits per heavy atom. The lowest BCUT2D eigenvalue weighted by molar-refractivity contribution is -0.147. The summed E-state index contributed by atoms with van der Waals surface area (Å²) in [5.41, 5.74) is 3.21. The minimum atomic E-state index is -0.554. The predicted octanol–water partition coefficient (Wildman–Crippen LogP) is 3.96. The van der Waals surface area contributed by atoms with Gasteiger partial charge in [0.25, 0.3) is 5.91 Å². The van der Waals surface area contributed by atoms with E-state index in [9.17, 15) is 9.59 Å². The Morgan fingerprint density at radius 3 is 2.55 bits per heavy atom. The molecule has 0 radical (unpaired) electrons. The number of hydrogen-bond donors (Lipinski definition) is 0. The van der Waals surface area contributed by atoms with Crippen LogP contribution in [0.2, 0.25) is 0 Å².